The maximum atomic E-state index is 12.3. The molecular formula is C18H13Cl2N3O3S. The average Bonchev–Trinajstić information content (AvgIpc) is 3.31. The maximum Gasteiger partial charge on any atom is 0.271 e. The topological polar surface area (TPSA) is 72.5 Å². The highest BCUT2D eigenvalue weighted by Crippen LogP contribution is 2.32. The molecule has 1 aliphatic rings. The Morgan fingerprint density at radius 1 is 1.11 bits per heavy atom. The van der Waals surface area contributed by atoms with Crippen molar-refractivity contribution in [3.63, 3.8) is 0 Å². The lowest BCUT2D eigenvalue weighted by atomic mass is 10.2. The standard InChI is InChI=1S/C18H13Cl2N3O3S/c19-12-3-2-11(6-13(12)20)22-18-23-14(8-27-18)17(24)21-7-10-1-4-15-16(5-10)26-9-25-15/h1-6,8H,7,9H2,(H,21,24)(H,22,23). The van der Waals surface area contributed by atoms with Gasteiger partial charge in [0.15, 0.2) is 16.6 Å². The number of carbonyl (C=O) groups excluding carboxylic acids is 1. The molecule has 0 radical (unpaired) electrons. The smallest absolute Gasteiger partial charge is 0.271 e. The predicted molar refractivity (Wildman–Crippen MR) is 106 cm³/mol. The largest absolute Gasteiger partial charge is 0.454 e. The van der Waals surface area contributed by atoms with Crippen LogP contribution < -0.4 is 20.1 Å². The third-order valence-corrected chi connectivity index (χ3v) is 5.29. The van der Waals surface area contributed by atoms with Crippen molar-refractivity contribution in [3.8, 4) is 11.5 Å². The Kier molecular flexibility index (Phi) is 5.07. The Morgan fingerprint density at radius 2 is 1.96 bits per heavy atom. The number of amides is 1. The molecule has 9 heteroatoms. The fourth-order valence-electron chi connectivity index (χ4n) is 2.46. The highest BCUT2D eigenvalue weighted by atomic mass is 35.5. The van der Waals surface area contributed by atoms with Crippen molar-refractivity contribution in [1.29, 1.82) is 0 Å². The van der Waals surface area contributed by atoms with Crippen molar-refractivity contribution in [2.24, 2.45) is 0 Å². The van der Waals surface area contributed by atoms with E-state index in [2.05, 4.69) is 15.6 Å². The number of nitrogens with one attached hydrogen (secondary N) is 2. The van der Waals surface area contributed by atoms with Gasteiger partial charge in [-0.2, -0.15) is 0 Å². The molecule has 0 saturated carbocycles. The molecule has 1 aliphatic heterocycles. The first-order valence-corrected chi connectivity index (χ1v) is 9.56. The van der Waals surface area contributed by atoms with Gasteiger partial charge in [0, 0.05) is 17.6 Å². The lowest BCUT2D eigenvalue weighted by molar-refractivity contribution is 0.0946. The second kappa shape index (κ2) is 7.64. The van der Waals surface area contributed by atoms with E-state index >= 15 is 0 Å². The zero-order valence-corrected chi connectivity index (χ0v) is 16.1. The molecule has 0 fully saturated rings. The number of benzene rings is 2. The summed E-state index contributed by atoms with van der Waals surface area (Å²) in [5, 5.41) is 9.14. The molecule has 1 aromatic heterocycles. The minimum absolute atomic E-state index is 0.221. The monoisotopic (exact) mass is 421 g/mol. The zero-order chi connectivity index (χ0) is 18.8. The molecule has 2 heterocycles. The van der Waals surface area contributed by atoms with Gasteiger partial charge in [0.25, 0.3) is 5.91 Å². The summed E-state index contributed by atoms with van der Waals surface area (Å²) in [7, 11) is 0. The Bertz CT molecular complexity index is 1010. The zero-order valence-electron chi connectivity index (χ0n) is 13.8. The van der Waals surface area contributed by atoms with E-state index in [4.69, 9.17) is 32.7 Å². The minimum Gasteiger partial charge on any atom is -0.454 e. The normalized spacial score (nSPS) is 12.1. The van der Waals surface area contributed by atoms with Crippen LogP contribution in [0.2, 0.25) is 10.0 Å². The molecule has 0 spiro atoms. The minimum atomic E-state index is -0.258. The number of hydrogen-bond donors (Lipinski definition) is 2. The molecule has 0 bridgehead atoms. The number of anilines is 2. The molecule has 27 heavy (non-hydrogen) atoms. The van der Waals surface area contributed by atoms with Gasteiger partial charge in [0.1, 0.15) is 5.69 Å². The van der Waals surface area contributed by atoms with Crippen LogP contribution in [-0.2, 0) is 6.54 Å². The van der Waals surface area contributed by atoms with Crippen LogP contribution in [-0.4, -0.2) is 17.7 Å². The second-order valence-corrected chi connectivity index (χ2v) is 7.33. The number of carbonyl (C=O) groups is 1. The molecule has 3 aromatic rings. The van der Waals surface area contributed by atoms with Gasteiger partial charge in [0.05, 0.1) is 10.0 Å². The lowest BCUT2D eigenvalue weighted by Crippen LogP contribution is -2.23. The molecule has 138 valence electrons. The Balaban J connectivity index is 1.37. The molecule has 0 unspecified atom stereocenters. The van der Waals surface area contributed by atoms with Crippen LogP contribution in [0, 0.1) is 0 Å². The van der Waals surface area contributed by atoms with E-state index in [0.29, 0.717) is 38.9 Å². The van der Waals surface area contributed by atoms with E-state index in [1.54, 1.807) is 23.6 Å². The van der Waals surface area contributed by atoms with Gasteiger partial charge < -0.3 is 20.1 Å². The number of aromatic nitrogens is 1. The van der Waals surface area contributed by atoms with Crippen LogP contribution in [0.25, 0.3) is 0 Å². The Labute approximate surface area is 169 Å². The third-order valence-electron chi connectivity index (χ3n) is 3.80. The molecule has 1 amide bonds. The first-order valence-electron chi connectivity index (χ1n) is 7.93. The predicted octanol–water partition coefficient (Wildman–Crippen LogP) is 4.85. The quantitative estimate of drug-likeness (QED) is 0.615. The van der Waals surface area contributed by atoms with Crippen molar-refractivity contribution in [2.45, 2.75) is 6.54 Å². The van der Waals surface area contributed by atoms with Gasteiger partial charge in [-0.25, -0.2) is 4.98 Å². The number of nitrogens with zero attached hydrogens (tertiary/aromatic N) is 1. The molecule has 6 nitrogen and oxygen atoms in total. The summed E-state index contributed by atoms with van der Waals surface area (Å²) < 4.78 is 10.6. The van der Waals surface area contributed by atoms with Gasteiger partial charge in [-0.05, 0) is 35.9 Å². The fraction of sp³-hybridized carbons (Fsp3) is 0.111. The van der Waals surface area contributed by atoms with Crippen LogP contribution >= 0.6 is 34.5 Å². The van der Waals surface area contributed by atoms with Crippen molar-refractivity contribution >= 4 is 51.3 Å². The highest BCUT2D eigenvalue weighted by Gasteiger charge is 2.15. The molecule has 4 rings (SSSR count). The molecule has 2 N–H and O–H groups in total. The van der Waals surface area contributed by atoms with Crippen LogP contribution in [0.5, 0.6) is 11.5 Å². The number of rotatable bonds is 5. The maximum absolute atomic E-state index is 12.3. The summed E-state index contributed by atoms with van der Waals surface area (Å²) in [6.45, 7) is 0.584. The lowest BCUT2D eigenvalue weighted by Gasteiger charge is -2.05. The Hall–Kier alpha value is -2.48. The van der Waals surface area contributed by atoms with Gasteiger partial charge >= 0.3 is 0 Å². The van der Waals surface area contributed by atoms with Gasteiger partial charge in [-0.15, -0.1) is 11.3 Å². The van der Waals surface area contributed by atoms with E-state index in [1.165, 1.54) is 11.3 Å². The number of fused-ring (bicyclic) bond motifs is 1. The fourth-order valence-corrected chi connectivity index (χ4v) is 3.47. The van der Waals surface area contributed by atoms with E-state index in [1.807, 2.05) is 18.2 Å². The summed E-state index contributed by atoms with van der Waals surface area (Å²) >= 11 is 13.2. The van der Waals surface area contributed by atoms with Gasteiger partial charge in [0.2, 0.25) is 6.79 Å². The molecule has 0 saturated heterocycles. The number of hydrogen-bond acceptors (Lipinski definition) is 6. The van der Waals surface area contributed by atoms with Crippen LogP contribution in [0.1, 0.15) is 16.1 Å². The molecular weight excluding hydrogens is 409 g/mol. The summed E-state index contributed by atoms with van der Waals surface area (Å²) in [6.07, 6.45) is 0. The summed E-state index contributed by atoms with van der Waals surface area (Å²) in [5.74, 6) is 1.14. The summed E-state index contributed by atoms with van der Waals surface area (Å²) in [5.41, 5.74) is 1.99. The van der Waals surface area contributed by atoms with E-state index in [9.17, 15) is 4.79 Å². The van der Waals surface area contributed by atoms with Gasteiger partial charge in [-0.3, -0.25) is 4.79 Å². The van der Waals surface area contributed by atoms with Gasteiger partial charge in [-0.1, -0.05) is 29.3 Å². The SMILES string of the molecule is O=C(NCc1ccc2c(c1)OCO2)c1csc(Nc2ccc(Cl)c(Cl)c2)n1. The first kappa shape index (κ1) is 17.9. The number of thiazole rings is 1. The third kappa shape index (κ3) is 4.10. The van der Waals surface area contributed by atoms with Crippen molar-refractivity contribution < 1.29 is 14.3 Å². The summed E-state index contributed by atoms with van der Waals surface area (Å²) in [4.78, 5) is 16.6. The molecule has 0 atom stereocenters. The van der Waals surface area contributed by atoms with Crippen LogP contribution in [0.15, 0.2) is 41.8 Å². The number of halogens is 2. The molecule has 0 aliphatic carbocycles. The van der Waals surface area contributed by atoms with Crippen molar-refractivity contribution in [3.05, 3.63) is 63.1 Å². The summed E-state index contributed by atoms with van der Waals surface area (Å²) in [6, 6.07) is 10.7. The average molecular weight is 422 g/mol. The van der Waals surface area contributed by atoms with E-state index in [-0.39, 0.29) is 12.7 Å². The van der Waals surface area contributed by atoms with Crippen LogP contribution in [0.4, 0.5) is 10.8 Å². The van der Waals surface area contributed by atoms with Crippen LogP contribution in [0.3, 0.4) is 0 Å². The first-order chi connectivity index (χ1) is 13.1. The van der Waals surface area contributed by atoms with E-state index < -0.39 is 0 Å². The second-order valence-electron chi connectivity index (χ2n) is 5.66. The van der Waals surface area contributed by atoms with E-state index in [0.717, 1.165) is 11.3 Å². The van der Waals surface area contributed by atoms with Crippen molar-refractivity contribution in [2.75, 3.05) is 12.1 Å². The van der Waals surface area contributed by atoms with Crippen molar-refractivity contribution in [1.82, 2.24) is 10.3 Å². The Morgan fingerprint density at radius 3 is 2.81 bits per heavy atom. The molecule has 2 aromatic carbocycles. The highest BCUT2D eigenvalue weighted by molar-refractivity contribution is 7.14. The number of ether oxygens (including phenoxy) is 2.